The van der Waals surface area contributed by atoms with Crippen LogP contribution in [0.4, 0.5) is 0 Å². The summed E-state index contributed by atoms with van der Waals surface area (Å²) < 4.78 is 5.07. The normalized spacial score (nSPS) is 11.5. The molecule has 0 rings (SSSR count). The van der Waals surface area contributed by atoms with Gasteiger partial charge in [0.15, 0.2) is 0 Å². The highest BCUT2D eigenvalue weighted by molar-refractivity contribution is 5.85. The third-order valence-corrected chi connectivity index (χ3v) is 2.70. The molecule has 0 aliphatic heterocycles. The molecule has 0 heterocycles. The minimum Gasteiger partial charge on any atom is -0.394 e. The van der Waals surface area contributed by atoms with Crippen LogP contribution in [-0.2, 0) is 9.53 Å². The van der Waals surface area contributed by atoms with E-state index in [2.05, 4.69) is 5.32 Å². The van der Waals surface area contributed by atoms with E-state index < -0.39 is 5.54 Å². The van der Waals surface area contributed by atoms with E-state index in [0.717, 1.165) is 6.42 Å². The highest BCUT2D eigenvalue weighted by atomic mass is 16.5. The average Bonchev–Trinajstić information content (AvgIpc) is 2.32. The number of rotatable bonds is 9. The van der Waals surface area contributed by atoms with Crippen LogP contribution in [0.25, 0.3) is 0 Å². The third kappa shape index (κ3) is 5.44. The molecule has 0 aromatic heterocycles. The molecule has 0 radical (unpaired) electrons. The van der Waals surface area contributed by atoms with E-state index >= 15 is 0 Å². The lowest BCUT2D eigenvalue weighted by Crippen LogP contribution is -2.53. The quantitative estimate of drug-likeness (QED) is 0.489. The number of carbonyl (C=O) groups is 1. The van der Waals surface area contributed by atoms with Crippen LogP contribution in [0.15, 0.2) is 0 Å². The Balaban J connectivity index is 3.64. The molecule has 4 N–H and O–H groups in total. The Morgan fingerprint density at radius 3 is 2.50 bits per heavy atom. The van der Waals surface area contributed by atoms with Gasteiger partial charge in [-0.2, -0.15) is 0 Å². The molecule has 0 bridgehead atoms. The van der Waals surface area contributed by atoms with Crippen LogP contribution in [0.2, 0.25) is 0 Å². The van der Waals surface area contributed by atoms with Crippen molar-refractivity contribution >= 4 is 5.91 Å². The molecule has 0 unspecified atom stereocenters. The van der Waals surface area contributed by atoms with Crippen LogP contribution < -0.4 is 11.1 Å². The molecule has 5 heteroatoms. The summed E-state index contributed by atoms with van der Waals surface area (Å²) in [5, 5.41) is 11.3. The topological polar surface area (TPSA) is 84.6 Å². The van der Waals surface area contributed by atoms with E-state index in [0.29, 0.717) is 32.6 Å². The standard InChI is InChI=1S/C11H24N2O3/c1-3-11(12,4-2)10(15)13-6-5-8-16-9-7-14/h14H,3-9,12H2,1-2H3,(H,13,15). The first-order chi connectivity index (χ1) is 7.60. The fraction of sp³-hybridized carbons (Fsp3) is 0.909. The molecule has 0 aromatic carbocycles. The summed E-state index contributed by atoms with van der Waals surface area (Å²) >= 11 is 0. The fourth-order valence-corrected chi connectivity index (χ4v) is 1.29. The first-order valence-electron chi connectivity index (χ1n) is 5.86. The molecule has 0 aromatic rings. The summed E-state index contributed by atoms with van der Waals surface area (Å²) in [6, 6.07) is 0. The Morgan fingerprint density at radius 2 is 2.00 bits per heavy atom. The molecular formula is C11H24N2O3. The lowest BCUT2D eigenvalue weighted by molar-refractivity contribution is -0.126. The average molecular weight is 232 g/mol. The fourth-order valence-electron chi connectivity index (χ4n) is 1.29. The monoisotopic (exact) mass is 232 g/mol. The van der Waals surface area contributed by atoms with Crippen molar-refractivity contribution in [3.8, 4) is 0 Å². The van der Waals surface area contributed by atoms with Gasteiger partial charge in [0.2, 0.25) is 5.91 Å². The lowest BCUT2D eigenvalue weighted by Gasteiger charge is -2.25. The second-order valence-electron chi connectivity index (χ2n) is 3.81. The Kier molecular flexibility index (Phi) is 8.15. The van der Waals surface area contributed by atoms with E-state index in [-0.39, 0.29) is 12.5 Å². The summed E-state index contributed by atoms with van der Waals surface area (Å²) in [6.07, 6.45) is 2.00. The lowest BCUT2D eigenvalue weighted by atomic mass is 9.93. The predicted octanol–water partition coefficient (Wildman–Crippen LogP) is 0.0191. The first-order valence-corrected chi connectivity index (χ1v) is 5.86. The highest BCUT2D eigenvalue weighted by Crippen LogP contribution is 2.10. The van der Waals surface area contributed by atoms with Gasteiger partial charge in [0, 0.05) is 13.2 Å². The van der Waals surface area contributed by atoms with Gasteiger partial charge in [-0.15, -0.1) is 0 Å². The Morgan fingerprint density at radius 1 is 1.38 bits per heavy atom. The van der Waals surface area contributed by atoms with Crippen molar-refractivity contribution in [2.45, 2.75) is 38.6 Å². The van der Waals surface area contributed by atoms with Crippen molar-refractivity contribution in [2.24, 2.45) is 5.73 Å². The van der Waals surface area contributed by atoms with Gasteiger partial charge in [-0.05, 0) is 19.3 Å². The summed E-state index contributed by atoms with van der Waals surface area (Å²) in [5.74, 6) is -0.0975. The second kappa shape index (κ2) is 8.50. The molecule has 0 saturated carbocycles. The van der Waals surface area contributed by atoms with Gasteiger partial charge in [0.1, 0.15) is 0 Å². The zero-order valence-electron chi connectivity index (χ0n) is 10.3. The zero-order valence-corrected chi connectivity index (χ0v) is 10.3. The van der Waals surface area contributed by atoms with E-state index in [1.54, 1.807) is 0 Å². The molecule has 0 aliphatic carbocycles. The van der Waals surface area contributed by atoms with Crippen molar-refractivity contribution in [1.82, 2.24) is 5.32 Å². The van der Waals surface area contributed by atoms with E-state index in [1.165, 1.54) is 0 Å². The smallest absolute Gasteiger partial charge is 0.240 e. The van der Waals surface area contributed by atoms with Gasteiger partial charge in [-0.25, -0.2) is 0 Å². The maximum Gasteiger partial charge on any atom is 0.240 e. The van der Waals surface area contributed by atoms with E-state index in [1.807, 2.05) is 13.8 Å². The van der Waals surface area contributed by atoms with E-state index in [4.69, 9.17) is 15.6 Å². The Labute approximate surface area is 97.3 Å². The van der Waals surface area contributed by atoms with Crippen LogP contribution in [0.3, 0.4) is 0 Å². The molecule has 5 nitrogen and oxygen atoms in total. The highest BCUT2D eigenvalue weighted by Gasteiger charge is 2.29. The maximum atomic E-state index is 11.7. The van der Waals surface area contributed by atoms with Crippen LogP contribution >= 0.6 is 0 Å². The number of nitrogens with two attached hydrogens (primary N) is 1. The molecule has 0 fully saturated rings. The van der Waals surface area contributed by atoms with Crippen molar-refractivity contribution in [1.29, 1.82) is 0 Å². The van der Waals surface area contributed by atoms with E-state index in [9.17, 15) is 4.79 Å². The number of hydrogen-bond acceptors (Lipinski definition) is 4. The molecule has 96 valence electrons. The maximum absolute atomic E-state index is 11.7. The molecule has 0 spiro atoms. The zero-order chi connectivity index (χ0) is 12.4. The summed E-state index contributed by atoms with van der Waals surface area (Å²) in [7, 11) is 0. The van der Waals surface area contributed by atoms with Gasteiger partial charge in [-0.1, -0.05) is 13.8 Å². The first kappa shape index (κ1) is 15.3. The number of aliphatic hydroxyl groups excluding tert-OH is 1. The number of amides is 1. The summed E-state index contributed by atoms with van der Waals surface area (Å²) in [6.45, 7) is 5.30. The van der Waals surface area contributed by atoms with Gasteiger partial charge in [0.05, 0.1) is 18.8 Å². The second-order valence-corrected chi connectivity index (χ2v) is 3.81. The van der Waals surface area contributed by atoms with Crippen molar-refractivity contribution in [3.05, 3.63) is 0 Å². The SMILES string of the molecule is CCC(N)(CC)C(=O)NCCCOCCO. The number of ether oxygens (including phenoxy) is 1. The predicted molar refractivity (Wildman–Crippen MR) is 63.0 cm³/mol. The summed E-state index contributed by atoms with van der Waals surface area (Å²) in [4.78, 5) is 11.7. The largest absolute Gasteiger partial charge is 0.394 e. The van der Waals surface area contributed by atoms with Crippen LogP contribution in [0.5, 0.6) is 0 Å². The molecule has 1 amide bonds. The molecule has 0 saturated heterocycles. The molecule has 16 heavy (non-hydrogen) atoms. The van der Waals surface area contributed by atoms with Gasteiger partial charge < -0.3 is 20.9 Å². The van der Waals surface area contributed by atoms with Gasteiger partial charge in [0.25, 0.3) is 0 Å². The molecule has 0 atom stereocenters. The van der Waals surface area contributed by atoms with Crippen molar-refractivity contribution in [2.75, 3.05) is 26.4 Å². The molecule has 0 aliphatic rings. The van der Waals surface area contributed by atoms with Crippen molar-refractivity contribution in [3.63, 3.8) is 0 Å². The Bertz CT molecular complexity index is 194. The Hall–Kier alpha value is -0.650. The van der Waals surface area contributed by atoms with Crippen molar-refractivity contribution < 1.29 is 14.6 Å². The van der Waals surface area contributed by atoms with Gasteiger partial charge >= 0.3 is 0 Å². The number of nitrogens with one attached hydrogen (secondary N) is 1. The molecular weight excluding hydrogens is 208 g/mol. The van der Waals surface area contributed by atoms with Crippen LogP contribution in [0.1, 0.15) is 33.1 Å². The van der Waals surface area contributed by atoms with Gasteiger partial charge in [-0.3, -0.25) is 4.79 Å². The number of carbonyl (C=O) groups excluding carboxylic acids is 1. The summed E-state index contributed by atoms with van der Waals surface area (Å²) in [5.41, 5.74) is 5.18. The number of hydrogen-bond donors (Lipinski definition) is 3. The minimum atomic E-state index is -0.744. The van der Waals surface area contributed by atoms with Crippen LogP contribution in [-0.4, -0.2) is 42.9 Å². The third-order valence-electron chi connectivity index (χ3n) is 2.70. The minimum absolute atomic E-state index is 0.0317. The number of aliphatic hydroxyl groups is 1. The van der Waals surface area contributed by atoms with Crippen LogP contribution in [0, 0.1) is 0 Å².